The molecule has 1 saturated heterocycles. The first-order valence-corrected chi connectivity index (χ1v) is 7.79. The quantitative estimate of drug-likeness (QED) is 0.815. The molecule has 1 aromatic carbocycles. The van der Waals surface area contributed by atoms with Gasteiger partial charge >= 0.3 is 0 Å². The maximum absolute atomic E-state index is 12.7. The van der Waals surface area contributed by atoms with Crippen LogP contribution in [-0.2, 0) is 9.53 Å². The summed E-state index contributed by atoms with van der Waals surface area (Å²) < 4.78 is 22.4. The van der Waals surface area contributed by atoms with Crippen LogP contribution in [0.1, 0.15) is 17.9 Å². The molecule has 126 valence electrons. The predicted octanol–water partition coefficient (Wildman–Crippen LogP) is 1.12. The van der Waals surface area contributed by atoms with Gasteiger partial charge in [0.25, 0.3) is 5.91 Å². The van der Waals surface area contributed by atoms with Crippen LogP contribution in [0.5, 0.6) is 11.5 Å². The SMILES string of the molecule is Cc1nnc([C@@H]2CN(C(=O)[C@@H]3COc4ccccc4O3)CCO2)o1. The van der Waals surface area contributed by atoms with Crippen molar-refractivity contribution in [2.24, 2.45) is 0 Å². The number of fused-ring (bicyclic) bond motifs is 1. The molecule has 0 aliphatic carbocycles. The minimum Gasteiger partial charge on any atom is -0.485 e. The van der Waals surface area contributed by atoms with Gasteiger partial charge < -0.3 is 23.5 Å². The molecule has 8 heteroatoms. The van der Waals surface area contributed by atoms with Crippen molar-refractivity contribution < 1.29 is 23.4 Å². The second-order valence-corrected chi connectivity index (χ2v) is 5.67. The van der Waals surface area contributed by atoms with Crippen molar-refractivity contribution in [1.82, 2.24) is 15.1 Å². The van der Waals surface area contributed by atoms with E-state index in [0.717, 1.165) is 0 Å². The normalized spacial score (nSPS) is 23.1. The number of hydrogen-bond acceptors (Lipinski definition) is 7. The van der Waals surface area contributed by atoms with E-state index in [-0.39, 0.29) is 12.5 Å². The molecule has 0 radical (unpaired) electrons. The molecule has 1 aromatic heterocycles. The number of benzene rings is 1. The monoisotopic (exact) mass is 331 g/mol. The number of aromatic nitrogens is 2. The van der Waals surface area contributed by atoms with E-state index in [4.69, 9.17) is 18.6 Å². The zero-order valence-electron chi connectivity index (χ0n) is 13.2. The summed E-state index contributed by atoms with van der Waals surface area (Å²) in [5.41, 5.74) is 0. The van der Waals surface area contributed by atoms with Gasteiger partial charge in [-0.25, -0.2) is 0 Å². The maximum atomic E-state index is 12.7. The first-order chi connectivity index (χ1) is 11.7. The highest BCUT2D eigenvalue weighted by atomic mass is 16.6. The average molecular weight is 331 g/mol. The molecule has 1 amide bonds. The van der Waals surface area contributed by atoms with E-state index in [1.165, 1.54) is 0 Å². The Balaban J connectivity index is 1.45. The summed E-state index contributed by atoms with van der Waals surface area (Å²) in [5.74, 6) is 1.96. The largest absolute Gasteiger partial charge is 0.485 e. The summed E-state index contributed by atoms with van der Waals surface area (Å²) in [5, 5.41) is 7.77. The topological polar surface area (TPSA) is 86.9 Å². The molecule has 2 atom stereocenters. The van der Waals surface area contributed by atoms with E-state index in [1.807, 2.05) is 18.2 Å². The minimum absolute atomic E-state index is 0.131. The third kappa shape index (κ3) is 2.80. The van der Waals surface area contributed by atoms with Crippen LogP contribution in [0.3, 0.4) is 0 Å². The second kappa shape index (κ2) is 6.12. The first kappa shape index (κ1) is 14.9. The molecular formula is C16H17N3O5. The van der Waals surface area contributed by atoms with Crippen molar-refractivity contribution in [2.75, 3.05) is 26.3 Å². The highest BCUT2D eigenvalue weighted by Gasteiger charge is 2.35. The van der Waals surface area contributed by atoms with Gasteiger partial charge in [0.2, 0.25) is 17.9 Å². The Morgan fingerprint density at radius 2 is 2.08 bits per heavy atom. The molecule has 2 aromatic rings. The number of amides is 1. The van der Waals surface area contributed by atoms with Crippen molar-refractivity contribution in [3.63, 3.8) is 0 Å². The van der Waals surface area contributed by atoms with Gasteiger partial charge in [-0.3, -0.25) is 4.79 Å². The predicted molar refractivity (Wildman–Crippen MR) is 80.7 cm³/mol. The Hall–Kier alpha value is -2.61. The summed E-state index contributed by atoms with van der Waals surface area (Å²) in [7, 11) is 0. The number of carbonyl (C=O) groups is 1. The fourth-order valence-corrected chi connectivity index (χ4v) is 2.79. The van der Waals surface area contributed by atoms with Crippen molar-refractivity contribution >= 4 is 5.91 Å². The molecule has 8 nitrogen and oxygen atoms in total. The van der Waals surface area contributed by atoms with Crippen LogP contribution >= 0.6 is 0 Å². The minimum atomic E-state index is -0.664. The summed E-state index contributed by atoms with van der Waals surface area (Å²) in [6.07, 6.45) is -1.08. The molecule has 4 rings (SSSR count). The van der Waals surface area contributed by atoms with E-state index in [2.05, 4.69) is 10.2 Å². The standard InChI is InChI=1S/C16H17N3O5/c1-10-17-18-15(23-10)13-8-19(6-7-21-13)16(20)14-9-22-11-4-2-3-5-12(11)24-14/h2-5,13-14H,6-9H2,1H3/t13-,14-/m0/s1. The lowest BCUT2D eigenvalue weighted by atomic mass is 10.2. The number of carbonyl (C=O) groups excluding carboxylic acids is 1. The zero-order valence-corrected chi connectivity index (χ0v) is 13.2. The third-order valence-electron chi connectivity index (χ3n) is 3.98. The Morgan fingerprint density at radius 1 is 1.25 bits per heavy atom. The summed E-state index contributed by atoms with van der Waals surface area (Å²) >= 11 is 0. The van der Waals surface area contributed by atoms with Crippen LogP contribution in [0.2, 0.25) is 0 Å². The van der Waals surface area contributed by atoms with Gasteiger partial charge in [-0.1, -0.05) is 12.1 Å². The van der Waals surface area contributed by atoms with E-state index in [1.54, 1.807) is 17.9 Å². The van der Waals surface area contributed by atoms with Crippen LogP contribution < -0.4 is 9.47 Å². The van der Waals surface area contributed by atoms with Gasteiger partial charge in [0.1, 0.15) is 6.61 Å². The number of rotatable bonds is 2. The Morgan fingerprint density at radius 3 is 2.88 bits per heavy atom. The Kier molecular flexibility index (Phi) is 3.81. The molecule has 0 saturated carbocycles. The van der Waals surface area contributed by atoms with Crippen molar-refractivity contribution in [3.05, 3.63) is 36.0 Å². The molecule has 0 spiro atoms. The van der Waals surface area contributed by atoms with Gasteiger partial charge in [-0.2, -0.15) is 0 Å². The highest BCUT2D eigenvalue weighted by molar-refractivity contribution is 5.82. The number of aryl methyl sites for hydroxylation is 1. The van der Waals surface area contributed by atoms with Gasteiger partial charge in [0, 0.05) is 13.5 Å². The van der Waals surface area contributed by atoms with Crippen LogP contribution in [0.25, 0.3) is 0 Å². The third-order valence-corrected chi connectivity index (χ3v) is 3.98. The smallest absolute Gasteiger partial charge is 0.267 e. The fourth-order valence-electron chi connectivity index (χ4n) is 2.79. The summed E-state index contributed by atoms with van der Waals surface area (Å²) in [6.45, 7) is 3.15. The molecular weight excluding hydrogens is 314 g/mol. The fraction of sp³-hybridized carbons (Fsp3) is 0.438. The molecule has 0 N–H and O–H groups in total. The van der Waals surface area contributed by atoms with Crippen LogP contribution in [0, 0.1) is 6.92 Å². The molecule has 0 unspecified atom stereocenters. The van der Waals surface area contributed by atoms with Crippen LogP contribution in [0.15, 0.2) is 28.7 Å². The lowest BCUT2D eigenvalue weighted by Crippen LogP contribution is -2.50. The van der Waals surface area contributed by atoms with E-state index < -0.39 is 12.2 Å². The number of para-hydroxylation sites is 2. The van der Waals surface area contributed by atoms with Crippen molar-refractivity contribution in [2.45, 2.75) is 19.1 Å². The van der Waals surface area contributed by atoms with E-state index in [9.17, 15) is 4.79 Å². The van der Waals surface area contributed by atoms with Gasteiger partial charge in [0.05, 0.1) is 13.2 Å². The highest BCUT2D eigenvalue weighted by Crippen LogP contribution is 2.31. The second-order valence-electron chi connectivity index (χ2n) is 5.67. The lowest BCUT2D eigenvalue weighted by Gasteiger charge is -2.35. The number of hydrogen-bond donors (Lipinski definition) is 0. The first-order valence-electron chi connectivity index (χ1n) is 7.79. The van der Waals surface area contributed by atoms with Crippen molar-refractivity contribution in [1.29, 1.82) is 0 Å². The number of morpholine rings is 1. The molecule has 3 heterocycles. The Bertz CT molecular complexity index is 747. The molecule has 1 fully saturated rings. The maximum Gasteiger partial charge on any atom is 0.267 e. The van der Waals surface area contributed by atoms with E-state index >= 15 is 0 Å². The number of nitrogens with zero attached hydrogens (tertiary/aromatic N) is 3. The summed E-state index contributed by atoms with van der Waals surface area (Å²) in [6, 6.07) is 7.32. The van der Waals surface area contributed by atoms with Crippen LogP contribution in [-0.4, -0.2) is 53.4 Å². The molecule has 0 bridgehead atoms. The van der Waals surface area contributed by atoms with Gasteiger partial charge in [-0.15, -0.1) is 10.2 Å². The molecule has 2 aliphatic rings. The van der Waals surface area contributed by atoms with Crippen LogP contribution in [0.4, 0.5) is 0 Å². The van der Waals surface area contributed by atoms with Gasteiger partial charge in [0.15, 0.2) is 17.6 Å². The van der Waals surface area contributed by atoms with E-state index in [0.29, 0.717) is 43.0 Å². The lowest BCUT2D eigenvalue weighted by molar-refractivity contribution is -0.149. The number of ether oxygens (including phenoxy) is 3. The Labute approximate surface area is 138 Å². The molecule has 2 aliphatic heterocycles. The van der Waals surface area contributed by atoms with Gasteiger partial charge in [-0.05, 0) is 12.1 Å². The van der Waals surface area contributed by atoms with Crippen molar-refractivity contribution in [3.8, 4) is 11.5 Å². The summed E-state index contributed by atoms with van der Waals surface area (Å²) in [4.78, 5) is 14.4. The molecule has 24 heavy (non-hydrogen) atoms. The average Bonchev–Trinajstić information content (AvgIpc) is 3.07. The zero-order chi connectivity index (χ0) is 16.5.